The van der Waals surface area contributed by atoms with Crippen molar-refractivity contribution in [3.05, 3.63) is 17.3 Å². The summed E-state index contributed by atoms with van der Waals surface area (Å²) in [5, 5.41) is 0. The zero-order valence-electron chi connectivity index (χ0n) is 7.14. The highest BCUT2D eigenvalue weighted by atomic mass is 35.5. The molecule has 0 N–H and O–H groups in total. The summed E-state index contributed by atoms with van der Waals surface area (Å²) >= 11 is 5.63. The Morgan fingerprint density at radius 2 is 2.50 bits per heavy atom. The van der Waals surface area contributed by atoms with Gasteiger partial charge in [-0.15, -0.1) is 11.6 Å². The van der Waals surface area contributed by atoms with Gasteiger partial charge < -0.3 is 4.42 Å². The molecule has 1 aromatic heterocycles. The first-order valence-electron chi connectivity index (χ1n) is 4.33. The molecule has 0 aliphatic heterocycles. The molecule has 3 heteroatoms. The number of rotatable bonds is 1. The molecule has 12 heavy (non-hydrogen) atoms. The number of aryl methyl sites for hydroxylation is 1. The van der Waals surface area contributed by atoms with Gasteiger partial charge in [-0.25, -0.2) is 4.98 Å². The fraction of sp³-hybridized carbons (Fsp3) is 0.667. The van der Waals surface area contributed by atoms with Gasteiger partial charge in [0.25, 0.3) is 0 Å². The summed E-state index contributed by atoms with van der Waals surface area (Å²) in [6.07, 6.45) is 3.29. The van der Waals surface area contributed by atoms with Crippen LogP contribution in [0.4, 0.5) is 0 Å². The second-order valence-electron chi connectivity index (χ2n) is 3.46. The van der Waals surface area contributed by atoms with Crippen LogP contribution in [0.1, 0.15) is 30.7 Å². The van der Waals surface area contributed by atoms with E-state index in [1.165, 1.54) is 6.42 Å². The minimum absolute atomic E-state index is 0.390. The molecule has 0 amide bonds. The Bertz CT molecular complexity index is 282. The predicted octanol–water partition coefficient (Wildman–Crippen LogP) is 2.54. The highest BCUT2D eigenvalue weighted by Crippen LogP contribution is 2.25. The highest BCUT2D eigenvalue weighted by molar-refractivity contribution is 6.16. The summed E-state index contributed by atoms with van der Waals surface area (Å²) < 4.78 is 5.46. The Kier molecular flexibility index (Phi) is 2.09. The molecule has 1 aliphatic carbocycles. The van der Waals surface area contributed by atoms with Crippen molar-refractivity contribution in [2.24, 2.45) is 5.92 Å². The fourth-order valence-electron chi connectivity index (χ4n) is 1.66. The maximum Gasteiger partial charge on any atom is 0.209 e. The summed E-state index contributed by atoms with van der Waals surface area (Å²) in [5.41, 5.74) is 1.13. The first-order valence-corrected chi connectivity index (χ1v) is 4.86. The van der Waals surface area contributed by atoms with Crippen molar-refractivity contribution in [1.29, 1.82) is 0 Å². The Morgan fingerprint density at radius 1 is 1.67 bits per heavy atom. The van der Waals surface area contributed by atoms with E-state index in [0.717, 1.165) is 30.2 Å². The number of hydrogen-bond donors (Lipinski definition) is 0. The maximum atomic E-state index is 5.63. The van der Waals surface area contributed by atoms with Crippen LogP contribution in [0.25, 0.3) is 0 Å². The van der Waals surface area contributed by atoms with Gasteiger partial charge in [-0.3, -0.25) is 0 Å². The number of alkyl halides is 1. The van der Waals surface area contributed by atoms with Crippen molar-refractivity contribution in [3.63, 3.8) is 0 Å². The lowest BCUT2D eigenvalue weighted by molar-refractivity contribution is 0.413. The molecular formula is C9H12ClNO. The zero-order chi connectivity index (χ0) is 8.55. The summed E-state index contributed by atoms with van der Waals surface area (Å²) in [6.45, 7) is 2.25. The monoisotopic (exact) mass is 185 g/mol. The molecule has 0 saturated carbocycles. The number of halogens is 1. The smallest absolute Gasteiger partial charge is 0.209 e. The van der Waals surface area contributed by atoms with Crippen LogP contribution in [0.2, 0.25) is 0 Å². The lowest BCUT2D eigenvalue weighted by Crippen LogP contribution is -2.09. The van der Waals surface area contributed by atoms with E-state index < -0.39 is 0 Å². The zero-order valence-corrected chi connectivity index (χ0v) is 7.90. The summed E-state index contributed by atoms with van der Waals surface area (Å²) in [7, 11) is 0. The van der Waals surface area contributed by atoms with Crippen LogP contribution in [-0.4, -0.2) is 4.98 Å². The minimum Gasteiger partial charge on any atom is -0.444 e. The average molecular weight is 186 g/mol. The third-order valence-corrected chi connectivity index (χ3v) is 2.57. The van der Waals surface area contributed by atoms with E-state index in [4.69, 9.17) is 16.0 Å². The van der Waals surface area contributed by atoms with Crippen molar-refractivity contribution in [1.82, 2.24) is 4.98 Å². The van der Waals surface area contributed by atoms with Gasteiger partial charge in [0.05, 0.1) is 11.6 Å². The van der Waals surface area contributed by atoms with Gasteiger partial charge in [0.2, 0.25) is 5.89 Å². The van der Waals surface area contributed by atoms with Crippen LogP contribution in [0, 0.1) is 5.92 Å². The fourth-order valence-corrected chi connectivity index (χ4v) is 1.77. The molecule has 0 radical (unpaired) electrons. The predicted molar refractivity (Wildman–Crippen MR) is 47.2 cm³/mol. The SMILES string of the molecule is CC1CCc2oc(CCl)nc2C1. The Morgan fingerprint density at radius 3 is 3.25 bits per heavy atom. The van der Waals surface area contributed by atoms with Crippen LogP contribution >= 0.6 is 11.6 Å². The van der Waals surface area contributed by atoms with Crippen molar-refractivity contribution < 1.29 is 4.42 Å². The third-order valence-electron chi connectivity index (χ3n) is 2.34. The minimum atomic E-state index is 0.390. The lowest BCUT2D eigenvalue weighted by Gasteiger charge is -2.14. The molecule has 0 bridgehead atoms. The first kappa shape index (κ1) is 8.11. The van der Waals surface area contributed by atoms with E-state index in [9.17, 15) is 0 Å². The van der Waals surface area contributed by atoms with E-state index in [1.54, 1.807) is 0 Å². The van der Waals surface area contributed by atoms with Crippen LogP contribution in [0.3, 0.4) is 0 Å². The molecule has 0 fully saturated rings. The average Bonchev–Trinajstić information content (AvgIpc) is 2.46. The van der Waals surface area contributed by atoms with Crippen molar-refractivity contribution >= 4 is 11.6 Å². The Hall–Kier alpha value is -0.500. The molecule has 1 heterocycles. The molecule has 0 spiro atoms. The molecule has 1 atom stereocenters. The van der Waals surface area contributed by atoms with Crippen LogP contribution < -0.4 is 0 Å². The third kappa shape index (κ3) is 1.36. The van der Waals surface area contributed by atoms with Crippen LogP contribution in [-0.2, 0) is 18.7 Å². The van der Waals surface area contributed by atoms with Gasteiger partial charge in [-0.05, 0) is 18.8 Å². The lowest BCUT2D eigenvalue weighted by atomic mass is 9.92. The van der Waals surface area contributed by atoms with Crippen molar-refractivity contribution in [2.45, 2.75) is 32.1 Å². The molecule has 0 saturated heterocycles. The summed E-state index contributed by atoms with van der Waals surface area (Å²) in [5.74, 6) is 2.87. The highest BCUT2D eigenvalue weighted by Gasteiger charge is 2.20. The summed E-state index contributed by atoms with van der Waals surface area (Å²) in [4.78, 5) is 4.32. The van der Waals surface area contributed by atoms with Gasteiger partial charge in [0.1, 0.15) is 5.76 Å². The quantitative estimate of drug-likeness (QED) is 0.629. The largest absolute Gasteiger partial charge is 0.444 e. The van der Waals surface area contributed by atoms with Gasteiger partial charge in [0, 0.05) is 6.42 Å². The van der Waals surface area contributed by atoms with Gasteiger partial charge in [-0.2, -0.15) is 0 Å². The van der Waals surface area contributed by atoms with Crippen molar-refractivity contribution in [3.8, 4) is 0 Å². The van der Waals surface area contributed by atoms with E-state index in [1.807, 2.05) is 0 Å². The number of oxazole rings is 1. The molecule has 1 aromatic rings. The molecule has 2 nitrogen and oxygen atoms in total. The van der Waals surface area contributed by atoms with Crippen LogP contribution in [0.5, 0.6) is 0 Å². The number of fused-ring (bicyclic) bond motifs is 1. The number of nitrogens with zero attached hydrogens (tertiary/aromatic N) is 1. The van der Waals surface area contributed by atoms with Crippen molar-refractivity contribution in [2.75, 3.05) is 0 Å². The van der Waals surface area contributed by atoms with E-state index >= 15 is 0 Å². The normalized spacial score (nSPS) is 22.3. The molecule has 66 valence electrons. The molecule has 1 aliphatic rings. The maximum absolute atomic E-state index is 5.63. The Labute approximate surface area is 76.9 Å². The number of aromatic nitrogens is 1. The van der Waals surface area contributed by atoms with E-state index in [2.05, 4.69) is 11.9 Å². The van der Waals surface area contributed by atoms with Crippen LogP contribution in [0.15, 0.2) is 4.42 Å². The molecule has 1 unspecified atom stereocenters. The summed E-state index contributed by atoms with van der Waals surface area (Å²) in [6, 6.07) is 0. The Balaban J connectivity index is 2.28. The standard InChI is InChI=1S/C9H12ClNO/c1-6-2-3-8-7(4-6)11-9(5-10)12-8/h6H,2-5H2,1H3. The second-order valence-corrected chi connectivity index (χ2v) is 3.73. The first-order chi connectivity index (χ1) is 5.79. The molecular weight excluding hydrogens is 174 g/mol. The number of hydrogen-bond acceptors (Lipinski definition) is 2. The van der Waals surface area contributed by atoms with E-state index in [-0.39, 0.29) is 0 Å². The second kappa shape index (κ2) is 3.09. The molecule has 0 aromatic carbocycles. The topological polar surface area (TPSA) is 26.0 Å². The van der Waals surface area contributed by atoms with Gasteiger partial charge in [-0.1, -0.05) is 6.92 Å². The van der Waals surface area contributed by atoms with E-state index in [0.29, 0.717) is 11.8 Å². The molecule has 2 rings (SSSR count). The van der Waals surface area contributed by atoms with Gasteiger partial charge >= 0.3 is 0 Å². The van der Waals surface area contributed by atoms with Gasteiger partial charge in [0.15, 0.2) is 0 Å².